The van der Waals surface area contributed by atoms with E-state index in [2.05, 4.69) is 30.9 Å². The van der Waals surface area contributed by atoms with Crippen molar-refractivity contribution in [2.24, 2.45) is 0 Å². The molecule has 1 aromatic rings. The highest BCUT2D eigenvalue weighted by Crippen LogP contribution is 2.26. The van der Waals surface area contributed by atoms with Crippen molar-refractivity contribution in [3.63, 3.8) is 0 Å². The van der Waals surface area contributed by atoms with Crippen LogP contribution in [0.5, 0.6) is 0 Å². The third-order valence-corrected chi connectivity index (χ3v) is 4.44. The summed E-state index contributed by atoms with van der Waals surface area (Å²) >= 11 is 0. The maximum Gasteiger partial charge on any atom is 0.0362 e. The standard InChI is InChI=1S/C17H28N2/c1-3-4-5-6-8-14(2)19-12-11-15-9-7-10-17(18)16(15)13-19/h7,9-10,14H,3-6,8,11-13,18H2,1-2H3. The largest absolute Gasteiger partial charge is 0.398 e. The molecule has 1 atom stereocenters. The van der Waals surface area contributed by atoms with Crippen molar-refractivity contribution in [3.8, 4) is 0 Å². The zero-order chi connectivity index (χ0) is 13.7. The van der Waals surface area contributed by atoms with Gasteiger partial charge < -0.3 is 5.73 Å². The molecular weight excluding hydrogens is 232 g/mol. The Morgan fingerprint density at radius 2 is 2.11 bits per heavy atom. The number of anilines is 1. The normalized spacial score (nSPS) is 17.2. The van der Waals surface area contributed by atoms with E-state index in [1.165, 1.54) is 49.8 Å². The molecule has 0 aromatic heterocycles. The van der Waals surface area contributed by atoms with Crippen LogP contribution in [0.3, 0.4) is 0 Å². The Labute approximate surface area is 118 Å². The summed E-state index contributed by atoms with van der Waals surface area (Å²) < 4.78 is 0. The number of unbranched alkanes of at least 4 members (excludes halogenated alkanes) is 3. The van der Waals surface area contributed by atoms with Crippen LogP contribution in [0.15, 0.2) is 18.2 Å². The first-order chi connectivity index (χ1) is 9.22. The van der Waals surface area contributed by atoms with Crippen LogP contribution in [0.4, 0.5) is 5.69 Å². The number of hydrogen-bond donors (Lipinski definition) is 1. The average Bonchev–Trinajstić information content (AvgIpc) is 2.43. The Kier molecular flexibility index (Phi) is 5.26. The Balaban J connectivity index is 1.88. The lowest BCUT2D eigenvalue weighted by molar-refractivity contribution is 0.179. The van der Waals surface area contributed by atoms with Gasteiger partial charge in [0, 0.05) is 24.8 Å². The van der Waals surface area contributed by atoms with E-state index < -0.39 is 0 Å². The van der Waals surface area contributed by atoms with E-state index in [0.29, 0.717) is 6.04 Å². The first kappa shape index (κ1) is 14.4. The minimum Gasteiger partial charge on any atom is -0.398 e. The van der Waals surface area contributed by atoms with Crippen LogP contribution in [0, 0.1) is 0 Å². The molecule has 1 aromatic carbocycles. The van der Waals surface area contributed by atoms with E-state index in [4.69, 9.17) is 5.73 Å². The summed E-state index contributed by atoms with van der Waals surface area (Å²) in [5.41, 5.74) is 9.91. The topological polar surface area (TPSA) is 29.3 Å². The summed E-state index contributed by atoms with van der Waals surface area (Å²) in [6, 6.07) is 7.03. The third kappa shape index (κ3) is 3.73. The van der Waals surface area contributed by atoms with Crippen LogP contribution in [0.25, 0.3) is 0 Å². The molecule has 0 bridgehead atoms. The maximum absolute atomic E-state index is 6.12. The van der Waals surface area contributed by atoms with Crippen molar-refractivity contribution in [1.29, 1.82) is 0 Å². The number of benzene rings is 1. The van der Waals surface area contributed by atoms with E-state index in [0.717, 1.165) is 18.7 Å². The minimum absolute atomic E-state index is 0.685. The molecule has 0 aliphatic carbocycles. The lowest BCUT2D eigenvalue weighted by Gasteiger charge is -2.34. The second kappa shape index (κ2) is 6.95. The van der Waals surface area contributed by atoms with Gasteiger partial charge in [-0.3, -0.25) is 4.90 Å². The van der Waals surface area contributed by atoms with Gasteiger partial charge in [-0.1, -0.05) is 44.7 Å². The number of nitrogens with zero attached hydrogens (tertiary/aromatic N) is 1. The molecule has 0 saturated carbocycles. The van der Waals surface area contributed by atoms with Gasteiger partial charge in [0.1, 0.15) is 0 Å². The van der Waals surface area contributed by atoms with Crippen molar-refractivity contribution in [2.45, 2.75) is 65.0 Å². The molecule has 106 valence electrons. The number of nitrogens with two attached hydrogens (primary N) is 1. The molecule has 2 N–H and O–H groups in total. The van der Waals surface area contributed by atoms with E-state index in [1.54, 1.807) is 0 Å². The molecule has 2 heteroatoms. The molecule has 2 rings (SSSR count). The van der Waals surface area contributed by atoms with Crippen LogP contribution >= 0.6 is 0 Å². The zero-order valence-corrected chi connectivity index (χ0v) is 12.5. The lowest BCUT2D eigenvalue weighted by Crippen LogP contribution is -2.37. The summed E-state index contributed by atoms with van der Waals surface area (Å²) in [7, 11) is 0. The van der Waals surface area contributed by atoms with Crippen LogP contribution in [0.1, 0.15) is 57.1 Å². The predicted octanol–water partition coefficient (Wildman–Crippen LogP) is 3.99. The molecule has 0 fully saturated rings. The Hall–Kier alpha value is -1.02. The minimum atomic E-state index is 0.685. The molecule has 1 aliphatic heterocycles. The van der Waals surface area contributed by atoms with Crippen molar-refractivity contribution < 1.29 is 0 Å². The van der Waals surface area contributed by atoms with Gasteiger partial charge >= 0.3 is 0 Å². The lowest BCUT2D eigenvalue weighted by atomic mass is 9.96. The Morgan fingerprint density at radius 1 is 1.26 bits per heavy atom. The van der Waals surface area contributed by atoms with E-state index in [9.17, 15) is 0 Å². The molecular formula is C17H28N2. The summed E-state index contributed by atoms with van der Waals surface area (Å²) in [5.74, 6) is 0. The van der Waals surface area contributed by atoms with E-state index in [1.807, 2.05) is 6.07 Å². The van der Waals surface area contributed by atoms with Crippen molar-refractivity contribution in [3.05, 3.63) is 29.3 Å². The van der Waals surface area contributed by atoms with E-state index in [-0.39, 0.29) is 0 Å². The van der Waals surface area contributed by atoms with Gasteiger partial charge in [0.2, 0.25) is 0 Å². The number of nitrogen functional groups attached to an aromatic ring is 1. The van der Waals surface area contributed by atoms with Crippen LogP contribution in [-0.2, 0) is 13.0 Å². The van der Waals surface area contributed by atoms with Gasteiger partial charge in [-0.05, 0) is 37.0 Å². The quantitative estimate of drug-likeness (QED) is 0.619. The maximum atomic E-state index is 6.12. The fourth-order valence-corrected chi connectivity index (χ4v) is 3.05. The van der Waals surface area contributed by atoms with Crippen molar-refractivity contribution >= 4 is 5.69 Å². The fraction of sp³-hybridized carbons (Fsp3) is 0.647. The molecule has 0 saturated heterocycles. The third-order valence-electron chi connectivity index (χ3n) is 4.44. The molecule has 1 unspecified atom stereocenters. The molecule has 0 amide bonds. The molecule has 0 radical (unpaired) electrons. The van der Waals surface area contributed by atoms with Crippen molar-refractivity contribution in [2.75, 3.05) is 12.3 Å². The number of fused-ring (bicyclic) bond motifs is 1. The van der Waals surface area contributed by atoms with Crippen LogP contribution in [0.2, 0.25) is 0 Å². The highest BCUT2D eigenvalue weighted by molar-refractivity contribution is 5.51. The van der Waals surface area contributed by atoms with Crippen LogP contribution < -0.4 is 5.73 Å². The fourth-order valence-electron chi connectivity index (χ4n) is 3.05. The summed E-state index contributed by atoms with van der Waals surface area (Å²) in [6.45, 7) is 6.87. The first-order valence-corrected chi connectivity index (χ1v) is 7.82. The summed E-state index contributed by atoms with van der Waals surface area (Å²) in [5, 5.41) is 0. The predicted molar refractivity (Wildman–Crippen MR) is 83.2 cm³/mol. The highest BCUT2D eigenvalue weighted by Gasteiger charge is 2.21. The summed E-state index contributed by atoms with van der Waals surface area (Å²) in [4.78, 5) is 2.60. The van der Waals surface area contributed by atoms with Crippen LogP contribution in [-0.4, -0.2) is 17.5 Å². The summed E-state index contributed by atoms with van der Waals surface area (Å²) in [6.07, 6.45) is 7.92. The second-order valence-corrected chi connectivity index (χ2v) is 5.90. The SMILES string of the molecule is CCCCCCC(C)N1CCc2cccc(N)c2C1. The number of rotatable bonds is 6. The van der Waals surface area contributed by atoms with Gasteiger partial charge in [0.25, 0.3) is 0 Å². The van der Waals surface area contributed by atoms with Gasteiger partial charge in [-0.2, -0.15) is 0 Å². The highest BCUT2D eigenvalue weighted by atomic mass is 15.2. The van der Waals surface area contributed by atoms with E-state index >= 15 is 0 Å². The zero-order valence-electron chi connectivity index (χ0n) is 12.5. The van der Waals surface area contributed by atoms with Gasteiger partial charge in [-0.25, -0.2) is 0 Å². The average molecular weight is 260 g/mol. The van der Waals surface area contributed by atoms with Gasteiger partial charge in [-0.15, -0.1) is 0 Å². The van der Waals surface area contributed by atoms with Crippen molar-refractivity contribution in [1.82, 2.24) is 4.90 Å². The second-order valence-electron chi connectivity index (χ2n) is 5.90. The Morgan fingerprint density at radius 3 is 2.89 bits per heavy atom. The first-order valence-electron chi connectivity index (χ1n) is 7.82. The molecule has 0 spiro atoms. The van der Waals surface area contributed by atoms with Gasteiger partial charge in [0.15, 0.2) is 0 Å². The van der Waals surface area contributed by atoms with Gasteiger partial charge in [0.05, 0.1) is 0 Å². The monoisotopic (exact) mass is 260 g/mol. The molecule has 1 aliphatic rings. The molecule has 19 heavy (non-hydrogen) atoms. The smallest absolute Gasteiger partial charge is 0.0362 e. The Bertz CT molecular complexity index is 400. The molecule has 1 heterocycles. The number of hydrogen-bond acceptors (Lipinski definition) is 2. The molecule has 2 nitrogen and oxygen atoms in total.